The van der Waals surface area contributed by atoms with Gasteiger partial charge in [-0.2, -0.15) is 0 Å². The fourth-order valence-corrected chi connectivity index (χ4v) is 2.76. The second-order valence-electron chi connectivity index (χ2n) is 3.70. The maximum atomic E-state index is 3.44. The highest BCUT2D eigenvalue weighted by Gasteiger charge is 2.19. The maximum absolute atomic E-state index is 3.44. The molecule has 0 spiro atoms. The molecule has 1 fully saturated rings. The van der Waals surface area contributed by atoms with Crippen LogP contribution in [0.4, 0.5) is 0 Å². The Morgan fingerprint density at radius 2 is 2.38 bits per heavy atom. The van der Waals surface area contributed by atoms with Crippen LogP contribution >= 0.6 is 11.3 Å². The highest BCUT2D eigenvalue weighted by Crippen LogP contribution is 2.29. The number of unbranched alkanes of at least 4 members (excludes halogenated alkanes) is 1. The maximum Gasteiger partial charge on any atom is 0.0427 e. The topological polar surface area (TPSA) is 12.0 Å². The number of thiophene rings is 1. The molecule has 72 valence electrons. The van der Waals surface area contributed by atoms with Crippen LogP contribution in [0.2, 0.25) is 0 Å². The lowest BCUT2D eigenvalue weighted by molar-refractivity contribution is 0.389. The molecule has 1 aliphatic heterocycles. The molecule has 0 aromatic carbocycles. The van der Waals surface area contributed by atoms with Gasteiger partial charge in [0.05, 0.1) is 0 Å². The van der Waals surface area contributed by atoms with Crippen LogP contribution in [0, 0.1) is 0 Å². The Balaban J connectivity index is 1.92. The molecule has 2 heteroatoms. The van der Waals surface area contributed by atoms with Crippen molar-refractivity contribution in [2.45, 2.75) is 38.6 Å². The molecule has 1 N–H and O–H groups in total. The summed E-state index contributed by atoms with van der Waals surface area (Å²) >= 11 is 1.99. The zero-order valence-electron chi connectivity index (χ0n) is 8.18. The van der Waals surface area contributed by atoms with Crippen molar-refractivity contribution in [2.75, 3.05) is 6.54 Å². The third-order valence-corrected chi connectivity index (χ3v) is 3.89. The van der Waals surface area contributed by atoms with Gasteiger partial charge in [0.15, 0.2) is 0 Å². The van der Waals surface area contributed by atoms with E-state index in [0.29, 0.717) is 6.04 Å². The molecule has 0 saturated carbocycles. The Morgan fingerprint density at radius 1 is 1.54 bits per heavy atom. The van der Waals surface area contributed by atoms with Gasteiger partial charge in [-0.1, -0.05) is 13.3 Å². The van der Waals surface area contributed by atoms with Gasteiger partial charge in [0, 0.05) is 15.8 Å². The minimum atomic E-state index is 0.681. The molecule has 1 nitrogen and oxygen atoms in total. The van der Waals surface area contributed by atoms with Crippen LogP contribution in [-0.4, -0.2) is 6.54 Å². The van der Waals surface area contributed by atoms with Crippen LogP contribution in [-0.2, 0) is 6.42 Å². The van der Waals surface area contributed by atoms with Gasteiger partial charge in [0.25, 0.3) is 0 Å². The molecular weight excluding hydrogens is 178 g/mol. The summed E-state index contributed by atoms with van der Waals surface area (Å²) in [6, 6.07) is 5.28. The van der Waals surface area contributed by atoms with E-state index in [0.717, 1.165) is 0 Å². The molecule has 1 saturated heterocycles. The van der Waals surface area contributed by atoms with Gasteiger partial charge >= 0.3 is 0 Å². The molecule has 0 amide bonds. The van der Waals surface area contributed by atoms with E-state index in [1.807, 2.05) is 11.3 Å². The van der Waals surface area contributed by atoms with E-state index < -0.39 is 0 Å². The van der Waals surface area contributed by atoms with Crippen LogP contribution in [0.1, 0.15) is 42.0 Å². The Hall–Kier alpha value is -0.340. The van der Waals surface area contributed by atoms with E-state index in [1.54, 1.807) is 4.88 Å². The Morgan fingerprint density at radius 3 is 3.00 bits per heavy atom. The molecule has 0 unspecified atom stereocenters. The fourth-order valence-electron chi connectivity index (χ4n) is 1.60. The molecule has 13 heavy (non-hydrogen) atoms. The Labute approximate surface area is 84.2 Å². The zero-order chi connectivity index (χ0) is 9.10. The molecule has 0 aliphatic carbocycles. The van der Waals surface area contributed by atoms with Crippen molar-refractivity contribution >= 4 is 11.3 Å². The third-order valence-electron chi connectivity index (χ3n) is 2.63. The molecule has 1 aromatic heterocycles. The lowest BCUT2D eigenvalue weighted by Crippen LogP contribution is -2.34. The normalized spacial score (nSPS) is 21.5. The van der Waals surface area contributed by atoms with Gasteiger partial charge in [-0.05, 0) is 37.9 Å². The lowest BCUT2D eigenvalue weighted by Gasteiger charge is -2.26. The van der Waals surface area contributed by atoms with Crippen molar-refractivity contribution in [2.24, 2.45) is 0 Å². The molecular formula is C11H17NS. The molecule has 1 atom stereocenters. The van der Waals surface area contributed by atoms with E-state index in [-0.39, 0.29) is 0 Å². The van der Waals surface area contributed by atoms with Crippen molar-refractivity contribution in [3.63, 3.8) is 0 Å². The summed E-state index contributed by atoms with van der Waals surface area (Å²) in [4.78, 5) is 3.10. The monoisotopic (exact) mass is 195 g/mol. The summed E-state index contributed by atoms with van der Waals surface area (Å²) < 4.78 is 0. The van der Waals surface area contributed by atoms with E-state index >= 15 is 0 Å². The van der Waals surface area contributed by atoms with E-state index in [2.05, 4.69) is 24.4 Å². The first-order valence-corrected chi connectivity index (χ1v) is 6.04. The van der Waals surface area contributed by atoms with E-state index in [4.69, 9.17) is 0 Å². The summed E-state index contributed by atoms with van der Waals surface area (Å²) in [7, 11) is 0. The molecule has 0 bridgehead atoms. The highest BCUT2D eigenvalue weighted by molar-refractivity contribution is 7.12. The molecule has 2 heterocycles. The van der Waals surface area contributed by atoms with Crippen LogP contribution < -0.4 is 5.32 Å². The Kier molecular flexibility index (Phi) is 3.01. The zero-order valence-corrected chi connectivity index (χ0v) is 8.99. The van der Waals surface area contributed by atoms with Gasteiger partial charge in [0.1, 0.15) is 0 Å². The fraction of sp³-hybridized carbons (Fsp3) is 0.636. The van der Waals surface area contributed by atoms with E-state index in [1.165, 1.54) is 37.1 Å². The van der Waals surface area contributed by atoms with Crippen LogP contribution in [0.25, 0.3) is 0 Å². The smallest absolute Gasteiger partial charge is 0.0427 e. The molecule has 0 radical (unpaired) electrons. The van der Waals surface area contributed by atoms with Crippen LogP contribution in [0.15, 0.2) is 12.1 Å². The number of aryl methyl sites for hydroxylation is 1. The number of hydrogen-bond acceptors (Lipinski definition) is 2. The molecule has 1 aromatic rings. The summed E-state index contributed by atoms with van der Waals surface area (Å²) in [5, 5.41) is 3.44. The van der Waals surface area contributed by atoms with Gasteiger partial charge in [-0.25, -0.2) is 0 Å². The van der Waals surface area contributed by atoms with Crippen molar-refractivity contribution in [3.05, 3.63) is 21.9 Å². The largest absolute Gasteiger partial charge is 0.309 e. The van der Waals surface area contributed by atoms with Gasteiger partial charge < -0.3 is 5.32 Å². The number of nitrogens with one attached hydrogen (secondary N) is 1. The van der Waals surface area contributed by atoms with Gasteiger partial charge in [-0.3, -0.25) is 0 Å². The average Bonchev–Trinajstić information content (AvgIpc) is 2.46. The SMILES string of the molecule is CCCCc1ccc([C@H]2CCN2)s1. The van der Waals surface area contributed by atoms with Crippen LogP contribution in [0.3, 0.4) is 0 Å². The lowest BCUT2D eigenvalue weighted by atomic mass is 10.1. The Bertz CT molecular complexity index is 263. The first-order valence-electron chi connectivity index (χ1n) is 5.22. The summed E-state index contributed by atoms with van der Waals surface area (Å²) in [6.07, 6.45) is 5.23. The highest BCUT2D eigenvalue weighted by atomic mass is 32.1. The van der Waals surface area contributed by atoms with Crippen molar-refractivity contribution in [1.29, 1.82) is 0 Å². The van der Waals surface area contributed by atoms with E-state index in [9.17, 15) is 0 Å². The second kappa shape index (κ2) is 4.25. The third kappa shape index (κ3) is 2.12. The van der Waals surface area contributed by atoms with Crippen LogP contribution in [0.5, 0.6) is 0 Å². The first kappa shape index (κ1) is 9.22. The quantitative estimate of drug-likeness (QED) is 0.778. The predicted molar refractivity (Wildman–Crippen MR) is 58.3 cm³/mol. The average molecular weight is 195 g/mol. The molecule has 1 aliphatic rings. The van der Waals surface area contributed by atoms with Gasteiger partial charge in [0.2, 0.25) is 0 Å². The predicted octanol–water partition coefficient (Wildman–Crippen LogP) is 3.13. The minimum absolute atomic E-state index is 0.681. The summed E-state index contributed by atoms with van der Waals surface area (Å²) in [5.74, 6) is 0. The number of hydrogen-bond donors (Lipinski definition) is 1. The van der Waals surface area contributed by atoms with Crippen molar-refractivity contribution in [3.8, 4) is 0 Å². The van der Waals surface area contributed by atoms with Crippen molar-refractivity contribution < 1.29 is 0 Å². The first-order chi connectivity index (χ1) is 6.40. The van der Waals surface area contributed by atoms with Gasteiger partial charge in [-0.15, -0.1) is 11.3 Å². The number of rotatable bonds is 4. The summed E-state index contributed by atoms with van der Waals surface area (Å²) in [6.45, 7) is 3.45. The second-order valence-corrected chi connectivity index (χ2v) is 4.90. The van der Waals surface area contributed by atoms with Crippen molar-refractivity contribution in [1.82, 2.24) is 5.32 Å². The molecule has 2 rings (SSSR count). The minimum Gasteiger partial charge on any atom is -0.309 e. The standard InChI is InChI=1S/C11H17NS/c1-2-3-4-9-5-6-11(13-9)10-7-8-12-10/h5-6,10,12H,2-4,7-8H2,1H3/t10-/m1/s1. The summed E-state index contributed by atoms with van der Waals surface area (Å²) in [5.41, 5.74) is 0.